The molecule has 1 heterocycles. The van der Waals surface area contributed by atoms with Crippen LogP contribution in [0, 0.1) is 5.41 Å². The van der Waals surface area contributed by atoms with Gasteiger partial charge in [0, 0.05) is 30.0 Å². The van der Waals surface area contributed by atoms with Crippen LogP contribution in [0.3, 0.4) is 0 Å². The second-order valence-electron chi connectivity index (χ2n) is 6.88. The smallest absolute Gasteiger partial charge is 0.303 e. The highest BCUT2D eigenvalue weighted by molar-refractivity contribution is 8.00. The highest BCUT2D eigenvalue weighted by atomic mass is 32.2. The Morgan fingerprint density at radius 2 is 1.85 bits per heavy atom. The second-order valence-corrected chi connectivity index (χ2v) is 8.68. The molecule has 1 saturated carbocycles. The lowest BCUT2D eigenvalue weighted by atomic mass is 9.79. The molecule has 0 aromatic heterocycles. The lowest BCUT2D eigenvalue weighted by Gasteiger charge is -2.39. The fourth-order valence-electron chi connectivity index (χ4n) is 3.52. The van der Waals surface area contributed by atoms with E-state index in [0.717, 1.165) is 44.5 Å². The minimum absolute atomic E-state index is 0.115. The molecular formula is C15H25NO3S. The van der Waals surface area contributed by atoms with Crippen LogP contribution in [0.1, 0.15) is 52.4 Å². The normalized spacial score (nSPS) is 24.6. The fraction of sp³-hybridized carbons (Fsp3) is 0.867. The number of rotatable bonds is 4. The van der Waals surface area contributed by atoms with Gasteiger partial charge in [-0.1, -0.05) is 12.8 Å². The minimum atomic E-state index is -0.769. The Bertz CT molecular complexity index is 389. The molecule has 1 aliphatic carbocycles. The third-order valence-electron chi connectivity index (χ3n) is 4.50. The molecule has 0 bridgehead atoms. The van der Waals surface area contributed by atoms with Gasteiger partial charge in [0.25, 0.3) is 0 Å². The molecule has 4 nitrogen and oxygen atoms in total. The Morgan fingerprint density at radius 1 is 1.20 bits per heavy atom. The van der Waals surface area contributed by atoms with Crippen LogP contribution in [0.5, 0.6) is 0 Å². The van der Waals surface area contributed by atoms with Crippen molar-refractivity contribution in [1.29, 1.82) is 0 Å². The number of thioether (sulfide) groups is 1. The van der Waals surface area contributed by atoms with Crippen molar-refractivity contribution in [1.82, 2.24) is 4.90 Å². The average molecular weight is 299 g/mol. The first kappa shape index (κ1) is 15.7. The lowest BCUT2D eigenvalue weighted by molar-refractivity contribution is -0.141. The molecule has 1 aliphatic heterocycles. The van der Waals surface area contributed by atoms with Gasteiger partial charge in [-0.05, 0) is 32.1 Å². The van der Waals surface area contributed by atoms with E-state index in [2.05, 4.69) is 13.8 Å². The van der Waals surface area contributed by atoms with Crippen molar-refractivity contribution in [2.24, 2.45) is 5.41 Å². The number of nitrogens with zero attached hydrogens (tertiary/aromatic N) is 1. The van der Waals surface area contributed by atoms with E-state index in [9.17, 15) is 9.59 Å². The summed E-state index contributed by atoms with van der Waals surface area (Å²) in [6.07, 6.45) is 4.45. The first-order chi connectivity index (χ1) is 9.32. The summed E-state index contributed by atoms with van der Waals surface area (Å²) < 4.78 is 0.115. The molecule has 20 heavy (non-hydrogen) atoms. The molecule has 0 unspecified atom stereocenters. The van der Waals surface area contributed by atoms with Gasteiger partial charge < -0.3 is 10.0 Å². The molecule has 0 aromatic carbocycles. The van der Waals surface area contributed by atoms with E-state index in [0.29, 0.717) is 6.42 Å². The Kier molecular flexibility index (Phi) is 4.67. The second kappa shape index (κ2) is 5.96. The number of amides is 1. The van der Waals surface area contributed by atoms with E-state index in [1.54, 1.807) is 0 Å². The van der Waals surface area contributed by atoms with Crippen LogP contribution in [-0.2, 0) is 9.59 Å². The predicted octanol–water partition coefficient (Wildman–Crippen LogP) is 2.77. The van der Waals surface area contributed by atoms with E-state index < -0.39 is 5.97 Å². The third kappa shape index (κ3) is 3.90. The molecule has 2 rings (SSSR count). The number of hydrogen-bond acceptors (Lipinski definition) is 3. The molecule has 0 atom stereocenters. The van der Waals surface area contributed by atoms with E-state index in [4.69, 9.17) is 5.11 Å². The molecule has 0 radical (unpaired) electrons. The van der Waals surface area contributed by atoms with Crippen molar-refractivity contribution >= 4 is 23.6 Å². The van der Waals surface area contributed by atoms with E-state index >= 15 is 0 Å². The summed E-state index contributed by atoms with van der Waals surface area (Å²) in [5.41, 5.74) is -0.280. The average Bonchev–Trinajstić information content (AvgIpc) is 2.75. The Labute approximate surface area is 125 Å². The highest BCUT2D eigenvalue weighted by Crippen LogP contribution is 2.44. The highest BCUT2D eigenvalue weighted by Gasteiger charge is 2.40. The van der Waals surface area contributed by atoms with Gasteiger partial charge in [-0.15, -0.1) is 0 Å². The fourth-order valence-corrected chi connectivity index (χ4v) is 4.64. The Morgan fingerprint density at radius 3 is 2.40 bits per heavy atom. The summed E-state index contributed by atoms with van der Waals surface area (Å²) in [5.74, 6) is 0.362. The van der Waals surface area contributed by atoms with Gasteiger partial charge in [-0.2, -0.15) is 11.8 Å². The van der Waals surface area contributed by atoms with Crippen molar-refractivity contribution in [3.05, 3.63) is 0 Å². The topological polar surface area (TPSA) is 57.6 Å². The monoisotopic (exact) mass is 299 g/mol. The van der Waals surface area contributed by atoms with Gasteiger partial charge in [0.1, 0.15) is 0 Å². The zero-order valence-corrected chi connectivity index (χ0v) is 13.3. The number of carboxylic acids is 1. The van der Waals surface area contributed by atoms with Crippen LogP contribution in [0.4, 0.5) is 0 Å². The van der Waals surface area contributed by atoms with Crippen LogP contribution < -0.4 is 0 Å². The minimum Gasteiger partial charge on any atom is -0.481 e. The summed E-state index contributed by atoms with van der Waals surface area (Å²) in [7, 11) is 0. The van der Waals surface area contributed by atoms with Crippen molar-refractivity contribution in [2.75, 3.05) is 18.8 Å². The van der Waals surface area contributed by atoms with Gasteiger partial charge in [-0.3, -0.25) is 9.59 Å². The standard InChI is InChI=1S/C15H25NO3S/c1-14(2)11-16(7-8-20-14)12(17)9-15(10-13(18)19)5-3-4-6-15/h3-11H2,1-2H3,(H,18,19). The predicted molar refractivity (Wildman–Crippen MR) is 80.9 cm³/mol. The third-order valence-corrected chi connectivity index (χ3v) is 5.79. The molecule has 0 spiro atoms. The van der Waals surface area contributed by atoms with Crippen molar-refractivity contribution < 1.29 is 14.7 Å². The van der Waals surface area contributed by atoms with Crippen LogP contribution in [-0.4, -0.2) is 45.5 Å². The van der Waals surface area contributed by atoms with Gasteiger partial charge in [0.2, 0.25) is 5.91 Å². The number of carbonyl (C=O) groups is 2. The van der Waals surface area contributed by atoms with Crippen LogP contribution in [0.2, 0.25) is 0 Å². The molecular weight excluding hydrogens is 274 g/mol. The maximum atomic E-state index is 12.6. The first-order valence-electron chi connectivity index (χ1n) is 7.46. The van der Waals surface area contributed by atoms with Crippen LogP contribution in [0.15, 0.2) is 0 Å². The molecule has 5 heteroatoms. The number of carboxylic acid groups (broad SMARTS) is 1. The van der Waals surface area contributed by atoms with Gasteiger partial charge in [0.15, 0.2) is 0 Å². The Hall–Kier alpha value is -0.710. The van der Waals surface area contributed by atoms with Crippen LogP contribution in [0.25, 0.3) is 0 Å². The summed E-state index contributed by atoms with van der Waals surface area (Å²) >= 11 is 1.91. The maximum Gasteiger partial charge on any atom is 0.303 e. The van der Waals surface area contributed by atoms with Crippen molar-refractivity contribution in [2.45, 2.75) is 57.1 Å². The SMILES string of the molecule is CC1(C)CN(C(=O)CC2(CC(=O)O)CCCC2)CCS1. The van der Waals surface area contributed by atoms with E-state index in [1.165, 1.54) is 0 Å². The molecule has 114 valence electrons. The van der Waals surface area contributed by atoms with E-state index in [-0.39, 0.29) is 22.5 Å². The molecule has 2 aliphatic rings. The maximum absolute atomic E-state index is 12.6. The summed E-state index contributed by atoms with van der Waals surface area (Å²) in [6.45, 7) is 5.91. The van der Waals surface area contributed by atoms with Gasteiger partial charge >= 0.3 is 5.97 Å². The number of aliphatic carboxylic acids is 1. The van der Waals surface area contributed by atoms with Crippen LogP contribution >= 0.6 is 11.8 Å². The number of carbonyl (C=O) groups excluding carboxylic acids is 1. The summed E-state index contributed by atoms with van der Waals surface area (Å²) in [6, 6.07) is 0. The summed E-state index contributed by atoms with van der Waals surface area (Å²) in [5, 5.41) is 9.12. The first-order valence-corrected chi connectivity index (χ1v) is 8.44. The van der Waals surface area contributed by atoms with Crippen molar-refractivity contribution in [3.63, 3.8) is 0 Å². The van der Waals surface area contributed by atoms with Gasteiger partial charge in [-0.25, -0.2) is 0 Å². The zero-order chi connectivity index (χ0) is 14.8. The summed E-state index contributed by atoms with van der Waals surface area (Å²) in [4.78, 5) is 25.6. The molecule has 1 amide bonds. The molecule has 2 fully saturated rings. The van der Waals surface area contributed by atoms with E-state index in [1.807, 2.05) is 16.7 Å². The molecule has 0 aromatic rings. The lowest BCUT2D eigenvalue weighted by Crippen LogP contribution is -2.47. The van der Waals surface area contributed by atoms with Crippen molar-refractivity contribution in [3.8, 4) is 0 Å². The number of hydrogen-bond donors (Lipinski definition) is 1. The quantitative estimate of drug-likeness (QED) is 0.867. The Balaban J connectivity index is 1.99. The molecule has 1 saturated heterocycles. The molecule has 1 N–H and O–H groups in total. The largest absolute Gasteiger partial charge is 0.481 e. The van der Waals surface area contributed by atoms with Gasteiger partial charge in [0.05, 0.1) is 6.42 Å². The zero-order valence-electron chi connectivity index (χ0n) is 12.5.